The Hall–Kier alpha value is -1.40. The van der Waals surface area contributed by atoms with Crippen LogP contribution in [0.4, 0.5) is 5.95 Å². The van der Waals surface area contributed by atoms with Gasteiger partial charge in [0.2, 0.25) is 11.2 Å². The van der Waals surface area contributed by atoms with Gasteiger partial charge in [-0.3, -0.25) is 0 Å². The first-order chi connectivity index (χ1) is 9.67. The molecule has 0 bridgehead atoms. The average molecular weight is 313 g/mol. The number of ether oxygens (including phenoxy) is 1. The lowest BCUT2D eigenvalue weighted by Crippen LogP contribution is -2.20. The lowest BCUT2D eigenvalue weighted by atomic mass is 10.1. The van der Waals surface area contributed by atoms with E-state index in [-0.39, 0.29) is 17.3 Å². The van der Waals surface area contributed by atoms with Crippen molar-refractivity contribution >= 4 is 28.9 Å². The number of nitrogens with one attached hydrogen (secondary N) is 1. The predicted molar refractivity (Wildman–Crippen MR) is 81.7 cm³/mol. The molecule has 0 fully saturated rings. The topological polar surface area (TPSA) is 59.9 Å². The van der Waals surface area contributed by atoms with Crippen LogP contribution in [0.2, 0.25) is 5.28 Å². The summed E-state index contributed by atoms with van der Waals surface area (Å²) >= 11 is 7.57. The summed E-state index contributed by atoms with van der Waals surface area (Å²) < 4.78 is 5.38. The van der Waals surface area contributed by atoms with Gasteiger partial charge in [-0.1, -0.05) is 6.92 Å². The van der Waals surface area contributed by atoms with Gasteiger partial charge in [0, 0.05) is 6.04 Å². The summed E-state index contributed by atoms with van der Waals surface area (Å²) in [4.78, 5) is 12.2. The highest BCUT2D eigenvalue weighted by atomic mass is 35.5. The van der Waals surface area contributed by atoms with Crippen molar-refractivity contribution in [3.05, 3.63) is 27.7 Å². The van der Waals surface area contributed by atoms with Gasteiger partial charge in [0.05, 0.1) is 6.61 Å². The van der Waals surface area contributed by atoms with Gasteiger partial charge in [0.25, 0.3) is 0 Å². The molecular formula is C13H17ClN4OS. The third kappa shape index (κ3) is 4.61. The molecular weight excluding hydrogens is 296 g/mol. The van der Waals surface area contributed by atoms with Gasteiger partial charge in [0.15, 0.2) is 0 Å². The van der Waals surface area contributed by atoms with Crippen LogP contribution in [-0.2, 0) is 6.42 Å². The zero-order chi connectivity index (χ0) is 14.4. The molecule has 20 heavy (non-hydrogen) atoms. The van der Waals surface area contributed by atoms with Crippen molar-refractivity contribution in [2.24, 2.45) is 0 Å². The molecule has 0 spiro atoms. The monoisotopic (exact) mass is 312 g/mol. The highest BCUT2D eigenvalue weighted by molar-refractivity contribution is 7.07. The molecule has 0 radical (unpaired) electrons. The van der Waals surface area contributed by atoms with Crippen molar-refractivity contribution in [1.82, 2.24) is 15.0 Å². The van der Waals surface area contributed by atoms with Gasteiger partial charge >= 0.3 is 6.01 Å². The molecule has 2 rings (SSSR count). The van der Waals surface area contributed by atoms with Gasteiger partial charge in [-0.15, -0.1) is 0 Å². The van der Waals surface area contributed by atoms with E-state index in [1.807, 2.05) is 6.92 Å². The second kappa shape index (κ2) is 7.40. The van der Waals surface area contributed by atoms with Gasteiger partial charge in [-0.05, 0) is 53.8 Å². The summed E-state index contributed by atoms with van der Waals surface area (Å²) in [7, 11) is 0. The summed E-state index contributed by atoms with van der Waals surface area (Å²) in [5.41, 5.74) is 1.29. The Morgan fingerprint density at radius 3 is 2.95 bits per heavy atom. The van der Waals surface area contributed by atoms with Crippen molar-refractivity contribution in [3.8, 4) is 6.01 Å². The van der Waals surface area contributed by atoms with E-state index in [1.54, 1.807) is 11.3 Å². The first-order valence-electron chi connectivity index (χ1n) is 6.49. The Bertz CT molecular complexity index is 535. The molecule has 0 aliphatic heterocycles. The number of hydrogen-bond donors (Lipinski definition) is 1. The van der Waals surface area contributed by atoms with Crippen LogP contribution in [0.1, 0.15) is 25.8 Å². The summed E-state index contributed by atoms with van der Waals surface area (Å²) in [6, 6.07) is 2.57. The zero-order valence-corrected chi connectivity index (χ0v) is 13.0. The average Bonchev–Trinajstić information content (AvgIpc) is 2.88. The summed E-state index contributed by atoms with van der Waals surface area (Å²) in [5, 5.41) is 7.55. The Labute approximate surface area is 127 Å². The Morgan fingerprint density at radius 2 is 2.25 bits per heavy atom. The minimum Gasteiger partial charge on any atom is -0.463 e. The van der Waals surface area contributed by atoms with E-state index in [1.165, 1.54) is 5.56 Å². The van der Waals surface area contributed by atoms with Gasteiger partial charge in [-0.25, -0.2) is 0 Å². The van der Waals surface area contributed by atoms with Crippen molar-refractivity contribution in [1.29, 1.82) is 0 Å². The number of nitrogens with zero attached hydrogens (tertiary/aromatic N) is 3. The van der Waals surface area contributed by atoms with Crippen molar-refractivity contribution in [2.75, 3.05) is 11.9 Å². The number of thiophene rings is 1. The van der Waals surface area contributed by atoms with Crippen LogP contribution in [0, 0.1) is 0 Å². The second-order valence-corrected chi connectivity index (χ2v) is 5.56. The minimum absolute atomic E-state index is 0.135. The Morgan fingerprint density at radius 1 is 1.40 bits per heavy atom. The van der Waals surface area contributed by atoms with E-state index in [0.29, 0.717) is 12.6 Å². The van der Waals surface area contributed by atoms with Crippen LogP contribution < -0.4 is 10.1 Å². The van der Waals surface area contributed by atoms with Crippen LogP contribution in [0.3, 0.4) is 0 Å². The molecule has 2 aromatic rings. The molecule has 0 aliphatic rings. The van der Waals surface area contributed by atoms with E-state index in [0.717, 1.165) is 12.8 Å². The highest BCUT2D eigenvalue weighted by Gasteiger charge is 2.10. The standard InChI is InChI=1S/C13H17ClN4OS/c1-3-5-19-13-17-11(14)16-12(18-13)15-9(2)7-10-4-6-20-8-10/h4,6,8-9H,3,5,7H2,1-2H3,(H,15,16,17,18). The van der Waals surface area contributed by atoms with E-state index in [2.05, 4.69) is 44.0 Å². The SMILES string of the molecule is CCCOc1nc(Cl)nc(NC(C)Cc2ccsc2)n1. The smallest absolute Gasteiger partial charge is 0.322 e. The molecule has 0 aromatic carbocycles. The maximum Gasteiger partial charge on any atom is 0.322 e. The van der Waals surface area contributed by atoms with Crippen LogP contribution in [0.5, 0.6) is 6.01 Å². The first kappa shape index (κ1) is 15.0. The number of halogens is 1. The minimum atomic E-state index is 0.135. The molecule has 0 aliphatic carbocycles. The van der Waals surface area contributed by atoms with Crippen LogP contribution >= 0.6 is 22.9 Å². The quantitative estimate of drug-likeness (QED) is 0.849. The molecule has 108 valence electrons. The van der Waals surface area contributed by atoms with Crippen molar-refractivity contribution in [2.45, 2.75) is 32.7 Å². The fourth-order valence-electron chi connectivity index (χ4n) is 1.69. The molecule has 5 nitrogen and oxygen atoms in total. The van der Waals surface area contributed by atoms with Gasteiger partial charge in [-0.2, -0.15) is 26.3 Å². The Kier molecular flexibility index (Phi) is 5.55. The van der Waals surface area contributed by atoms with Gasteiger partial charge in [0.1, 0.15) is 0 Å². The van der Waals surface area contributed by atoms with E-state index >= 15 is 0 Å². The van der Waals surface area contributed by atoms with Crippen molar-refractivity contribution < 1.29 is 4.74 Å². The van der Waals surface area contributed by atoms with Crippen LogP contribution in [0.25, 0.3) is 0 Å². The summed E-state index contributed by atoms with van der Waals surface area (Å²) in [6.07, 6.45) is 1.79. The lowest BCUT2D eigenvalue weighted by Gasteiger charge is -2.13. The first-order valence-corrected chi connectivity index (χ1v) is 7.81. The molecule has 2 heterocycles. The van der Waals surface area contributed by atoms with Crippen LogP contribution in [0.15, 0.2) is 16.8 Å². The van der Waals surface area contributed by atoms with Crippen molar-refractivity contribution in [3.63, 3.8) is 0 Å². The second-order valence-electron chi connectivity index (χ2n) is 4.44. The maximum absolute atomic E-state index is 5.87. The predicted octanol–water partition coefficient (Wildman–Crippen LogP) is 3.42. The molecule has 1 atom stereocenters. The van der Waals surface area contributed by atoms with E-state index < -0.39 is 0 Å². The largest absolute Gasteiger partial charge is 0.463 e. The Balaban J connectivity index is 1.98. The highest BCUT2D eigenvalue weighted by Crippen LogP contribution is 2.14. The molecule has 0 saturated carbocycles. The summed E-state index contributed by atoms with van der Waals surface area (Å²) in [6.45, 7) is 4.65. The normalized spacial score (nSPS) is 12.2. The number of hydrogen-bond acceptors (Lipinski definition) is 6. The molecule has 7 heteroatoms. The molecule has 2 aromatic heterocycles. The van der Waals surface area contributed by atoms with E-state index in [4.69, 9.17) is 16.3 Å². The van der Waals surface area contributed by atoms with E-state index in [9.17, 15) is 0 Å². The molecule has 0 saturated heterocycles. The number of aromatic nitrogens is 3. The lowest BCUT2D eigenvalue weighted by molar-refractivity contribution is 0.291. The van der Waals surface area contributed by atoms with Crippen LogP contribution in [-0.4, -0.2) is 27.6 Å². The number of anilines is 1. The fourth-order valence-corrected chi connectivity index (χ4v) is 2.52. The maximum atomic E-state index is 5.87. The van der Waals surface area contributed by atoms with Gasteiger partial charge < -0.3 is 10.1 Å². The fraction of sp³-hybridized carbons (Fsp3) is 0.462. The third-order valence-corrected chi connectivity index (χ3v) is 3.42. The zero-order valence-electron chi connectivity index (χ0n) is 11.5. The molecule has 1 unspecified atom stereocenters. The third-order valence-electron chi connectivity index (χ3n) is 2.52. The molecule has 0 amide bonds. The molecule has 1 N–H and O–H groups in total. The number of rotatable bonds is 7. The summed E-state index contributed by atoms with van der Waals surface area (Å²) in [5.74, 6) is 0.443.